The van der Waals surface area contributed by atoms with E-state index in [1.54, 1.807) is 38.1 Å². The predicted molar refractivity (Wildman–Crippen MR) is 159 cm³/mol. The van der Waals surface area contributed by atoms with Crippen molar-refractivity contribution >= 4 is 17.7 Å². The summed E-state index contributed by atoms with van der Waals surface area (Å²) in [5.41, 5.74) is 2.50. The minimum atomic E-state index is -1.07. The topological polar surface area (TPSA) is 162 Å². The van der Waals surface area contributed by atoms with Crippen LogP contribution < -0.4 is 21.7 Å². The zero-order chi connectivity index (χ0) is 31.4. The number of hydrogen-bond acceptors (Lipinski definition) is 8. The van der Waals surface area contributed by atoms with Gasteiger partial charge in [0.2, 0.25) is 5.91 Å². The van der Waals surface area contributed by atoms with Crippen molar-refractivity contribution in [1.29, 1.82) is 5.26 Å². The number of nitriles is 1. The van der Waals surface area contributed by atoms with E-state index in [4.69, 9.17) is 4.52 Å². The fourth-order valence-corrected chi connectivity index (χ4v) is 7.04. The van der Waals surface area contributed by atoms with Crippen LogP contribution in [-0.4, -0.2) is 65.1 Å². The maximum absolute atomic E-state index is 13.4. The summed E-state index contributed by atoms with van der Waals surface area (Å²) in [6.07, 6.45) is 3.22. The molecule has 2 aliphatic carbocycles. The van der Waals surface area contributed by atoms with Gasteiger partial charge in [-0.1, -0.05) is 12.1 Å². The second-order valence-corrected chi connectivity index (χ2v) is 12.0. The molecular weight excluding hydrogens is 562 g/mol. The third-order valence-electron chi connectivity index (χ3n) is 9.22. The van der Waals surface area contributed by atoms with Crippen LogP contribution in [0.2, 0.25) is 0 Å². The number of nitrogens with one attached hydrogen (secondary N) is 3. The minimum absolute atomic E-state index is 0.0491. The van der Waals surface area contributed by atoms with Crippen molar-refractivity contribution in [2.75, 3.05) is 20.6 Å². The molecule has 3 aromatic rings. The Morgan fingerprint density at radius 3 is 2.14 bits per heavy atom. The zero-order valence-electron chi connectivity index (χ0n) is 25.2. The Morgan fingerprint density at radius 2 is 1.64 bits per heavy atom. The van der Waals surface area contributed by atoms with Crippen LogP contribution in [0.1, 0.15) is 81.9 Å². The maximum Gasteiger partial charge on any atom is 0.460 e. The molecule has 44 heavy (non-hydrogen) atoms. The highest BCUT2D eigenvalue weighted by atomic mass is 16.5. The van der Waals surface area contributed by atoms with Crippen LogP contribution in [0, 0.1) is 11.3 Å². The molecule has 1 fully saturated rings. The second-order valence-electron chi connectivity index (χ2n) is 12.0. The molecule has 3 N–H and O–H groups in total. The number of benzene rings is 2. The third-order valence-corrected chi connectivity index (χ3v) is 9.22. The lowest BCUT2D eigenvalue weighted by molar-refractivity contribution is -0.132. The van der Waals surface area contributed by atoms with Crippen molar-refractivity contribution in [1.82, 2.24) is 30.6 Å². The fourth-order valence-electron chi connectivity index (χ4n) is 7.04. The highest BCUT2D eigenvalue weighted by molar-refractivity contribution is 5.95. The largest absolute Gasteiger partial charge is 0.460 e. The lowest BCUT2D eigenvalue weighted by Crippen LogP contribution is -2.51. The summed E-state index contributed by atoms with van der Waals surface area (Å²) in [4.78, 5) is 57.5. The second kappa shape index (κ2) is 10.7. The number of nitrogens with zero attached hydrogens (tertiary/aromatic N) is 4. The van der Waals surface area contributed by atoms with Crippen LogP contribution in [-0.2, 0) is 28.7 Å². The van der Waals surface area contributed by atoms with Gasteiger partial charge in [0.05, 0.1) is 18.0 Å². The highest BCUT2D eigenvalue weighted by Crippen LogP contribution is 2.54. The standard InChI is InChI=1S/C32H35N7O5/c1-18(15-33)38(23-9-10-23)26(40)16-36-31(2)17-32(29-37-30(43)44-39(29)31)24-11-7-21(27(41)34-3)13-19(24)5-6-20-14-22(28(42)35-4)8-12-25(20)32/h7-8,11-14,18,23,36H,5-6,9-10,16-17H2,1-4H3,(H,34,41)(H,35,42)/t18?,31-/m1/s1. The van der Waals surface area contributed by atoms with Crippen LogP contribution in [0.3, 0.4) is 0 Å². The summed E-state index contributed by atoms with van der Waals surface area (Å²) in [7, 11) is 3.16. The third kappa shape index (κ3) is 4.59. The van der Waals surface area contributed by atoms with Gasteiger partial charge >= 0.3 is 5.76 Å². The van der Waals surface area contributed by atoms with Crippen LogP contribution in [0.15, 0.2) is 45.7 Å². The maximum atomic E-state index is 13.4. The van der Waals surface area contributed by atoms with Gasteiger partial charge in [0, 0.05) is 37.7 Å². The van der Waals surface area contributed by atoms with Gasteiger partial charge in [-0.05, 0) is 86.1 Å². The van der Waals surface area contributed by atoms with Crippen molar-refractivity contribution in [2.24, 2.45) is 0 Å². The fraction of sp³-hybridized carbons (Fsp3) is 0.438. The Bertz CT molecular complexity index is 1710. The van der Waals surface area contributed by atoms with E-state index in [1.807, 2.05) is 31.2 Å². The van der Waals surface area contributed by atoms with Gasteiger partial charge in [-0.3, -0.25) is 19.7 Å². The van der Waals surface area contributed by atoms with E-state index < -0.39 is 22.9 Å². The first kappa shape index (κ1) is 29.3. The molecule has 1 aromatic heterocycles. The Hall–Kier alpha value is -4.76. The van der Waals surface area contributed by atoms with Crippen LogP contribution in [0.4, 0.5) is 0 Å². The molecular formula is C32H35N7O5. The summed E-state index contributed by atoms with van der Waals surface area (Å²) in [5.74, 6) is -1.04. The highest BCUT2D eigenvalue weighted by Gasteiger charge is 2.57. The number of aryl methyl sites for hydroxylation is 2. The molecule has 12 nitrogen and oxygen atoms in total. The molecule has 2 aromatic carbocycles. The number of fused-ring (bicyclic) bond motifs is 6. The van der Waals surface area contributed by atoms with Gasteiger partial charge in [0.25, 0.3) is 11.8 Å². The Kier molecular flexibility index (Phi) is 7.16. The Labute approximate surface area is 254 Å². The number of rotatable bonds is 7. The van der Waals surface area contributed by atoms with E-state index in [9.17, 15) is 24.4 Å². The lowest BCUT2D eigenvalue weighted by atomic mass is 9.69. The average Bonchev–Trinajstić information content (AvgIpc) is 3.75. The van der Waals surface area contributed by atoms with Gasteiger partial charge in [-0.25, -0.2) is 4.79 Å². The molecule has 0 radical (unpaired) electrons. The molecule has 1 saturated carbocycles. The first-order valence-corrected chi connectivity index (χ1v) is 14.8. The summed E-state index contributed by atoms with van der Waals surface area (Å²) >= 11 is 0. The van der Waals surface area contributed by atoms with E-state index in [1.165, 1.54) is 4.74 Å². The molecule has 0 saturated heterocycles. The van der Waals surface area contributed by atoms with Gasteiger partial charge in [-0.2, -0.15) is 15.0 Å². The van der Waals surface area contributed by atoms with Gasteiger partial charge in [0.15, 0.2) is 5.82 Å². The monoisotopic (exact) mass is 597 g/mol. The van der Waals surface area contributed by atoms with Crippen molar-refractivity contribution in [3.05, 3.63) is 86.2 Å². The van der Waals surface area contributed by atoms with E-state index in [0.717, 1.165) is 35.1 Å². The number of hydrogen-bond donors (Lipinski definition) is 3. The first-order valence-electron chi connectivity index (χ1n) is 14.8. The Morgan fingerprint density at radius 1 is 1.07 bits per heavy atom. The van der Waals surface area contributed by atoms with E-state index in [-0.39, 0.29) is 30.3 Å². The molecule has 1 aliphatic heterocycles. The average molecular weight is 598 g/mol. The molecule has 12 heteroatoms. The predicted octanol–water partition coefficient (Wildman–Crippen LogP) is 1.56. The quantitative estimate of drug-likeness (QED) is 0.370. The number of amides is 3. The molecule has 1 spiro atoms. The number of carbonyl (C=O) groups excluding carboxylic acids is 3. The molecule has 1 unspecified atom stereocenters. The molecule has 228 valence electrons. The summed E-state index contributed by atoms with van der Waals surface area (Å²) < 4.78 is 7.17. The van der Waals surface area contributed by atoms with Crippen molar-refractivity contribution in [3.8, 4) is 6.07 Å². The van der Waals surface area contributed by atoms with Gasteiger partial charge in [-0.15, -0.1) is 0 Å². The van der Waals surface area contributed by atoms with Crippen molar-refractivity contribution in [2.45, 2.75) is 69.1 Å². The summed E-state index contributed by atoms with van der Waals surface area (Å²) in [5, 5.41) is 18.3. The summed E-state index contributed by atoms with van der Waals surface area (Å²) in [6.45, 7) is 3.50. The number of aromatic nitrogens is 2. The van der Waals surface area contributed by atoms with Crippen LogP contribution >= 0.6 is 0 Å². The SMILES string of the molecule is CNC(=O)c1ccc2c(c1)CCc1cc(C(=O)NC)ccc1C21C[C@](C)(NCC(=O)N(C(C)C#N)C2CC2)n2oc(=O)nc21. The smallest absolute Gasteiger partial charge is 0.355 e. The minimum Gasteiger partial charge on any atom is -0.355 e. The summed E-state index contributed by atoms with van der Waals surface area (Å²) in [6, 6.07) is 12.7. The Balaban J connectivity index is 1.50. The van der Waals surface area contributed by atoms with Crippen LogP contribution in [0.25, 0.3) is 0 Å². The van der Waals surface area contributed by atoms with Gasteiger partial charge < -0.3 is 20.1 Å². The lowest BCUT2D eigenvalue weighted by Gasteiger charge is -2.34. The van der Waals surface area contributed by atoms with Gasteiger partial charge in [0.1, 0.15) is 11.7 Å². The zero-order valence-corrected chi connectivity index (χ0v) is 25.2. The molecule has 3 aliphatic rings. The molecule has 6 rings (SSSR count). The molecule has 3 amide bonds. The molecule has 0 bridgehead atoms. The van der Waals surface area contributed by atoms with E-state index in [0.29, 0.717) is 36.2 Å². The molecule has 2 atom stereocenters. The van der Waals surface area contributed by atoms with E-state index >= 15 is 0 Å². The number of carbonyl (C=O) groups is 3. The molecule has 2 heterocycles. The normalized spacial score (nSPS) is 20.0. The van der Waals surface area contributed by atoms with Crippen molar-refractivity contribution in [3.63, 3.8) is 0 Å². The van der Waals surface area contributed by atoms with Crippen LogP contribution in [0.5, 0.6) is 0 Å². The first-order chi connectivity index (χ1) is 21.1. The van der Waals surface area contributed by atoms with E-state index in [2.05, 4.69) is 27.0 Å². The van der Waals surface area contributed by atoms with Crippen molar-refractivity contribution < 1.29 is 18.9 Å².